The number of hydrogen-bond acceptors (Lipinski definition) is 2. The maximum Gasteiger partial charge on any atom is 0.0247 e. The van der Waals surface area contributed by atoms with Crippen molar-refractivity contribution in [3.63, 3.8) is 0 Å². The Morgan fingerprint density at radius 3 is 2.29 bits per heavy atom. The molecule has 0 bridgehead atoms. The lowest BCUT2D eigenvalue weighted by Crippen LogP contribution is -2.51. The predicted molar refractivity (Wildman–Crippen MR) is 60.2 cm³/mol. The molecule has 0 unspecified atom stereocenters. The van der Waals surface area contributed by atoms with Crippen LogP contribution in [0.15, 0.2) is 0 Å². The first-order valence-corrected chi connectivity index (χ1v) is 6.27. The van der Waals surface area contributed by atoms with Crippen molar-refractivity contribution in [3.8, 4) is 0 Å². The third kappa shape index (κ3) is 2.29. The van der Waals surface area contributed by atoms with Gasteiger partial charge in [-0.1, -0.05) is 19.8 Å². The minimum Gasteiger partial charge on any atom is -0.326 e. The molecule has 2 N–H and O–H groups in total. The van der Waals surface area contributed by atoms with Gasteiger partial charge < -0.3 is 5.73 Å². The molecule has 2 rings (SSSR count). The van der Waals surface area contributed by atoms with Crippen LogP contribution in [0.2, 0.25) is 0 Å². The molecule has 1 heterocycles. The summed E-state index contributed by atoms with van der Waals surface area (Å²) in [7, 11) is 0. The summed E-state index contributed by atoms with van der Waals surface area (Å²) in [4.78, 5) is 2.66. The van der Waals surface area contributed by atoms with E-state index >= 15 is 0 Å². The van der Waals surface area contributed by atoms with Crippen molar-refractivity contribution in [1.82, 2.24) is 4.90 Å². The Hall–Kier alpha value is -0.0800. The Bertz CT molecular complexity index is 173. The standard InChI is InChI=1S/C12H24N2/c1-10-6-8-14(9-7-10)12-5-3-2-4-11(12)13/h10-12H,2-9,13H2,1H3/t11-,12-/m1/s1. The van der Waals surface area contributed by atoms with E-state index in [9.17, 15) is 0 Å². The van der Waals surface area contributed by atoms with Gasteiger partial charge >= 0.3 is 0 Å². The van der Waals surface area contributed by atoms with E-state index in [1.165, 1.54) is 51.6 Å². The summed E-state index contributed by atoms with van der Waals surface area (Å²) in [6.45, 7) is 4.96. The van der Waals surface area contributed by atoms with E-state index in [-0.39, 0.29) is 0 Å². The van der Waals surface area contributed by atoms with Gasteiger partial charge in [0.15, 0.2) is 0 Å². The molecule has 0 amide bonds. The highest BCUT2D eigenvalue weighted by atomic mass is 15.2. The molecule has 2 heteroatoms. The first-order chi connectivity index (χ1) is 6.77. The van der Waals surface area contributed by atoms with Crippen molar-refractivity contribution in [2.75, 3.05) is 13.1 Å². The minimum absolute atomic E-state index is 0.456. The number of hydrogen-bond donors (Lipinski definition) is 1. The molecule has 14 heavy (non-hydrogen) atoms. The summed E-state index contributed by atoms with van der Waals surface area (Å²) in [6, 6.07) is 1.16. The van der Waals surface area contributed by atoms with E-state index in [1.54, 1.807) is 0 Å². The SMILES string of the molecule is CC1CCN([C@@H]2CCCC[C@H]2N)CC1. The molecule has 1 saturated carbocycles. The van der Waals surface area contributed by atoms with Crippen LogP contribution in [0.25, 0.3) is 0 Å². The molecule has 0 aromatic rings. The summed E-state index contributed by atoms with van der Waals surface area (Å²) in [5.74, 6) is 0.936. The lowest BCUT2D eigenvalue weighted by Gasteiger charge is -2.41. The lowest BCUT2D eigenvalue weighted by atomic mass is 9.87. The Balaban J connectivity index is 1.87. The smallest absolute Gasteiger partial charge is 0.0247 e. The average Bonchev–Trinajstić information content (AvgIpc) is 2.20. The quantitative estimate of drug-likeness (QED) is 0.695. The molecule has 0 spiro atoms. The minimum atomic E-state index is 0.456. The highest BCUT2D eigenvalue weighted by Gasteiger charge is 2.29. The fourth-order valence-electron chi connectivity index (χ4n) is 2.95. The summed E-state index contributed by atoms with van der Waals surface area (Å²) in [5.41, 5.74) is 6.20. The van der Waals surface area contributed by atoms with Crippen LogP contribution in [0.3, 0.4) is 0 Å². The topological polar surface area (TPSA) is 29.3 Å². The zero-order valence-corrected chi connectivity index (χ0v) is 9.41. The fourth-order valence-corrected chi connectivity index (χ4v) is 2.95. The molecular formula is C12H24N2. The summed E-state index contributed by atoms with van der Waals surface area (Å²) in [6.07, 6.45) is 8.09. The molecule has 0 aromatic carbocycles. The molecular weight excluding hydrogens is 172 g/mol. The van der Waals surface area contributed by atoms with Crippen LogP contribution in [-0.4, -0.2) is 30.1 Å². The van der Waals surface area contributed by atoms with Crippen molar-refractivity contribution in [3.05, 3.63) is 0 Å². The largest absolute Gasteiger partial charge is 0.326 e. The molecule has 82 valence electrons. The molecule has 2 nitrogen and oxygen atoms in total. The van der Waals surface area contributed by atoms with Crippen LogP contribution in [0.1, 0.15) is 45.4 Å². The Morgan fingerprint density at radius 2 is 1.64 bits per heavy atom. The van der Waals surface area contributed by atoms with Crippen LogP contribution < -0.4 is 5.73 Å². The van der Waals surface area contributed by atoms with Gasteiger partial charge in [0.2, 0.25) is 0 Å². The normalized spacial score (nSPS) is 37.3. The number of nitrogens with zero attached hydrogens (tertiary/aromatic N) is 1. The number of rotatable bonds is 1. The van der Waals surface area contributed by atoms with Crippen LogP contribution >= 0.6 is 0 Å². The van der Waals surface area contributed by atoms with Gasteiger partial charge in [0.1, 0.15) is 0 Å². The predicted octanol–water partition coefficient (Wildman–Crippen LogP) is 1.99. The van der Waals surface area contributed by atoms with Gasteiger partial charge in [-0.2, -0.15) is 0 Å². The highest BCUT2D eigenvalue weighted by Crippen LogP contribution is 2.26. The van der Waals surface area contributed by atoms with Crippen LogP contribution in [0.5, 0.6) is 0 Å². The third-order valence-electron chi connectivity index (χ3n) is 4.07. The number of likely N-dealkylation sites (tertiary alicyclic amines) is 1. The first-order valence-electron chi connectivity index (χ1n) is 6.27. The van der Waals surface area contributed by atoms with Gasteiger partial charge in [-0.25, -0.2) is 0 Å². The fraction of sp³-hybridized carbons (Fsp3) is 1.00. The molecule has 0 radical (unpaired) electrons. The monoisotopic (exact) mass is 196 g/mol. The van der Waals surface area contributed by atoms with E-state index in [1.807, 2.05) is 0 Å². The van der Waals surface area contributed by atoms with Crippen LogP contribution in [-0.2, 0) is 0 Å². The maximum absolute atomic E-state index is 6.20. The molecule has 2 aliphatic rings. The molecule has 1 aliphatic heterocycles. The number of nitrogens with two attached hydrogens (primary N) is 1. The lowest BCUT2D eigenvalue weighted by molar-refractivity contribution is 0.0975. The third-order valence-corrected chi connectivity index (χ3v) is 4.07. The Labute approximate surface area is 87.8 Å². The second-order valence-corrected chi connectivity index (χ2v) is 5.23. The van der Waals surface area contributed by atoms with Crippen molar-refractivity contribution in [2.45, 2.75) is 57.5 Å². The zero-order chi connectivity index (χ0) is 9.97. The molecule has 2 atom stereocenters. The Morgan fingerprint density at radius 1 is 1.00 bits per heavy atom. The molecule has 1 saturated heterocycles. The Kier molecular flexibility index (Phi) is 3.45. The highest BCUT2D eigenvalue weighted by molar-refractivity contribution is 4.87. The van der Waals surface area contributed by atoms with Crippen molar-refractivity contribution >= 4 is 0 Å². The van der Waals surface area contributed by atoms with Gasteiger partial charge in [-0.3, -0.25) is 4.90 Å². The zero-order valence-electron chi connectivity index (χ0n) is 9.41. The van der Waals surface area contributed by atoms with E-state index in [2.05, 4.69) is 11.8 Å². The first kappa shape index (κ1) is 10.4. The molecule has 1 aliphatic carbocycles. The number of piperidine rings is 1. The summed E-state index contributed by atoms with van der Waals surface area (Å²) < 4.78 is 0. The maximum atomic E-state index is 6.20. The van der Waals surface area contributed by atoms with E-state index in [4.69, 9.17) is 5.73 Å². The average molecular weight is 196 g/mol. The second kappa shape index (κ2) is 4.63. The second-order valence-electron chi connectivity index (χ2n) is 5.23. The van der Waals surface area contributed by atoms with Crippen LogP contribution in [0.4, 0.5) is 0 Å². The van der Waals surface area contributed by atoms with Gasteiger partial charge in [0.05, 0.1) is 0 Å². The van der Waals surface area contributed by atoms with Gasteiger partial charge in [0.25, 0.3) is 0 Å². The van der Waals surface area contributed by atoms with Crippen molar-refractivity contribution in [2.24, 2.45) is 11.7 Å². The molecule has 0 aromatic heterocycles. The van der Waals surface area contributed by atoms with E-state index < -0.39 is 0 Å². The van der Waals surface area contributed by atoms with Gasteiger partial charge in [-0.15, -0.1) is 0 Å². The van der Waals surface area contributed by atoms with Gasteiger partial charge in [-0.05, 0) is 44.7 Å². The van der Waals surface area contributed by atoms with E-state index in [0.29, 0.717) is 12.1 Å². The summed E-state index contributed by atoms with van der Waals surface area (Å²) in [5, 5.41) is 0. The van der Waals surface area contributed by atoms with Crippen molar-refractivity contribution in [1.29, 1.82) is 0 Å². The van der Waals surface area contributed by atoms with Crippen molar-refractivity contribution < 1.29 is 0 Å². The van der Waals surface area contributed by atoms with Gasteiger partial charge in [0, 0.05) is 12.1 Å². The van der Waals surface area contributed by atoms with E-state index in [0.717, 1.165) is 5.92 Å². The summed E-state index contributed by atoms with van der Waals surface area (Å²) >= 11 is 0. The molecule has 2 fully saturated rings. The van der Waals surface area contributed by atoms with Crippen LogP contribution in [0, 0.1) is 5.92 Å².